The summed E-state index contributed by atoms with van der Waals surface area (Å²) in [5.74, 6) is 0.351. The smallest absolute Gasteiger partial charge is 0.320 e. The lowest BCUT2D eigenvalue weighted by Crippen LogP contribution is -2.59. The molecule has 0 aliphatic carbocycles. The maximum absolute atomic E-state index is 13.3. The number of hydrogen-bond acceptors (Lipinski definition) is 7. The van der Waals surface area contributed by atoms with E-state index in [1.54, 1.807) is 27.6 Å². The van der Waals surface area contributed by atoms with Crippen LogP contribution in [-0.4, -0.2) is 91.9 Å². The minimum atomic E-state index is -0.329. The topological polar surface area (TPSA) is 136 Å². The number of hydrogen-bond donors (Lipinski definition) is 0. The Bertz CT molecular complexity index is 1490. The van der Waals surface area contributed by atoms with Gasteiger partial charge in [-0.2, -0.15) is 20.7 Å². The first-order valence-electron chi connectivity index (χ1n) is 12.8. The highest BCUT2D eigenvalue weighted by molar-refractivity contribution is 5.87. The predicted octanol–water partition coefficient (Wildman–Crippen LogP) is 2.45. The molecule has 0 aromatic carbocycles. The lowest BCUT2D eigenvalue weighted by molar-refractivity contribution is -0.130. The van der Waals surface area contributed by atoms with Crippen LogP contribution in [0, 0.1) is 22.7 Å². The standard InChI is InChI=1S/C27H29N9O3/c1-3-25(37)34-11-10-33(18-23(34)4-7-28)27(38)32-8-5-22(6-9-32)35-17-21(15-30-35)19-12-24(39-2)26-20(13-29)14-31-36(26)16-19/h3,12,14-17,22-23H,1,4-6,8-11,18H2,2H3/t23-/m0/s1. The number of piperidine rings is 1. The first kappa shape index (κ1) is 25.8. The molecule has 0 spiro atoms. The van der Waals surface area contributed by atoms with E-state index in [0.717, 1.165) is 24.0 Å². The number of piperazine rings is 1. The van der Waals surface area contributed by atoms with Gasteiger partial charge in [0.25, 0.3) is 0 Å². The molecule has 2 saturated heterocycles. The van der Waals surface area contributed by atoms with Gasteiger partial charge in [0.2, 0.25) is 5.91 Å². The lowest BCUT2D eigenvalue weighted by Gasteiger charge is -2.43. The number of nitriles is 2. The number of amides is 3. The number of ether oxygens (including phenoxy) is 1. The SMILES string of the molecule is C=CC(=O)N1CCN(C(=O)N2CCC(n3cc(-c4cc(OC)c5c(C#N)cnn5c4)cn3)CC2)C[C@@H]1CC#N. The number of likely N-dealkylation sites (tertiary alicyclic amines) is 1. The van der Waals surface area contributed by atoms with E-state index in [1.165, 1.54) is 12.3 Å². The maximum Gasteiger partial charge on any atom is 0.320 e. The molecule has 1 atom stereocenters. The third-order valence-electron chi connectivity index (χ3n) is 7.50. The van der Waals surface area contributed by atoms with Gasteiger partial charge in [-0.1, -0.05) is 6.58 Å². The fourth-order valence-corrected chi connectivity index (χ4v) is 5.40. The van der Waals surface area contributed by atoms with Crippen LogP contribution < -0.4 is 4.74 Å². The number of urea groups is 1. The van der Waals surface area contributed by atoms with Crippen LogP contribution in [0.2, 0.25) is 0 Å². The number of aromatic nitrogens is 4. The first-order chi connectivity index (χ1) is 19.0. The Labute approximate surface area is 225 Å². The zero-order chi connectivity index (χ0) is 27.5. The van der Waals surface area contributed by atoms with Gasteiger partial charge in [-0.05, 0) is 25.0 Å². The number of rotatable bonds is 5. The highest BCUT2D eigenvalue weighted by atomic mass is 16.5. The fourth-order valence-electron chi connectivity index (χ4n) is 5.40. The predicted molar refractivity (Wildman–Crippen MR) is 140 cm³/mol. The molecule has 200 valence electrons. The second-order valence-electron chi connectivity index (χ2n) is 9.67. The second-order valence-corrected chi connectivity index (χ2v) is 9.67. The summed E-state index contributed by atoms with van der Waals surface area (Å²) in [7, 11) is 1.57. The lowest BCUT2D eigenvalue weighted by atomic mass is 10.0. The van der Waals surface area contributed by atoms with Crippen LogP contribution in [-0.2, 0) is 4.79 Å². The van der Waals surface area contributed by atoms with Gasteiger partial charge in [0.15, 0.2) is 0 Å². The molecule has 2 fully saturated rings. The quantitative estimate of drug-likeness (QED) is 0.465. The molecule has 2 aliphatic heterocycles. The molecule has 0 radical (unpaired) electrons. The number of nitrogens with zero attached hydrogens (tertiary/aromatic N) is 9. The summed E-state index contributed by atoms with van der Waals surface area (Å²) in [6.07, 6.45) is 10.1. The van der Waals surface area contributed by atoms with Crippen molar-refractivity contribution in [3.63, 3.8) is 0 Å². The van der Waals surface area contributed by atoms with Gasteiger partial charge in [0.05, 0.1) is 44.1 Å². The third-order valence-corrected chi connectivity index (χ3v) is 7.50. The number of carbonyl (C=O) groups excluding carboxylic acids is 2. The monoisotopic (exact) mass is 527 g/mol. The third kappa shape index (κ3) is 4.89. The van der Waals surface area contributed by atoms with Crippen molar-refractivity contribution in [1.29, 1.82) is 10.5 Å². The Morgan fingerprint density at radius 1 is 1.10 bits per heavy atom. The fraction of sp³-hybridized carbons (Fsp3) is 0.407. The Hall–Kier alpha value is -4.84. The van der Waals surface area contributed by atoms with Gasteiger partial charge in [-0.25, -0.2) is 9.31 Å². The van der Waals surface area contributed by atoms with Gasteiger partial charge in [0.1, 0.15) is 22.9 Å². The van der Waals surface area contributed by atoms with Crippen molar-refractivity contribution in [2.45, 2.75) is 31.3 Å². The van der Waals surface area contributed by atoms with Crippen LogP contribution in [0.15, 0.2) is 43.5 Å². The molecule has 3 amide bonds. The Kier molecular flexibility index (Phi) is 7.19. The van der Waals surface area contributed by atoms with Crippen LogP contribution in [0.1, 0.15) is 30.9 Å². The number of fused-ring (bicyclic) bond motifs is 1. The van der Waals surface area contributed by atoms with Gasteiger partial charge >= 0.3 is 6.03 Å². The van der Waals surface area contributed by atoms with E-state index in [9.17, 15) is 20.1 Å². The van der Waals surface area contributed by atoms with E-state index in [0.29, 0.717) is 49.6 Å². The van der Waals surface area contributed by atoms with Crippen LogP contribution in [0.4, 0.5) is 4.79 Å². The zero-order valence-corrected chi connectivity index (χ0v) is 21.7. The van der Waals surface area contributed by atoms with Crippen LogP contribution in [0.3, 0.4) is 0 Å². The van der Waals surface area contributed by atoms with Gasteiger partial charge in [-0.3, -0.25) is 9.48 Å². The van der Waals surface area contributed by atoms with E-state index in [1.807, 2.05) is 28.0 Å². The van der Waals surface area contributed by atoms with Crippen molar-refractivity contribution < 1.29 is 14.3 Å². The average molecular weight is 528 g/mol. The summed E-state index contributed by atoms with van der Waals surface area (Å²) < 4.78 is 9.11. The summed E-state index contributed by atoms with van der Waals surface area (Å²) in [5.41, 5.74) is 2.84. The van der Waals surface area contributed by atoms with Crippen LogP contribution in [0.25, 0.3) is 16.6 Å². The molecule has 2 aliphatic rings. The molecule has 0 bridgehead atoms. The molecular formula is C27H29N9O3. The molecule has 5 rings (SSSR count). The molecule has 0 unspecified atom stereocenters. The van der Waals surface area contributed by atoms with Crippen molar-refractivity contribution in [2.75, 3.05) is 39.8 Å². The van der Waals surface area contributed by atoms with Crippen molar-refractivity contribution in [3.05, 3.63) is 49.1 Å². The summed E-state index contributed by atoms with van der Waals surface area (Å²) in [6.45, 7) is 5.90. The molecule has 0 N–H and O–H groups in total. The molecule has 5 heterocycles. The largest absolute Gasteiger partial charge is 0.494 e. The number of methoxy groups -OCH3 is 1. The molecule has 0 saturated carbocycles. The Morgan fingerprint density at radius 2 is 1.90 bits per heavy atom. The van der Waals surface area contributed by atoms with E-state index < -0.39 is 0 Å². The summed E-state index contributed by atoms with van der Waals surface area (Å²) >= 11 is 0. The van der Waals surface area contributed by atoms with E-state index >= 15 is 0 Å². The summed E-state index contributed by atoms with van der Waals surface area (Å²) in [4.78, 5) is 30.6. The zero-order valence-electron chi connectivity index (χ0n) is 21.7. The first-order valence-corrected chi connectivity index (χ1v) is 12.8. The summed E-state index contributed by atoms with van der Waals surface area (Å²) in [6, 6.07) is 5.91. The Morgan fingerprint density at radius 3 is 2.59 bits per heavy atom. The van der Waals surface area contributed by atoms with Gasteiger partial charge < -0.3 is 19.4 Å². The molecule has 3 aromatic rings. The van der Waals surface area contributed by atoms with E-state index in [2.05, 4.69) is 28.9 Å². The minimum Gasteiger partial charge on any atom is -0.494 e. The minimum absolute atomic E-state index is 0.0559. The Balaban J connectivity index is 1.23. The number of pyridine rings is 1. The number of carbonyl (C=O) groups is 2. The molecule has 3 aromatic heterocycles. The van der Waals surface area contributed by atoms with E-state index in [-0.39, 0.29) is 30.4 Å². The van der Waals surface area contributed by atoms with Crippen molar-refractivity contribution >= 4 is 17.5 Å². The molecule has 39 heavy (non-hydrogen) atoms. The van der Waals surface area contributed by atoms with E-state index in [4.69, 9.17) is 4.74 Å². The van der Waals surface area contributed by atoms with Crippen LogP contribution >= 0.6 is 0 Å². The molecular weight excluding hydrogens is 498 g/mol. The van der Waals surface area contributed by atoms with Gasteiger partial charge in [-0.15, -0.1) is 0 Å². The normalized spacial score (nSPS) is 18.0. The summed E-state index contributed by atoms with van der Waals surface area (Å²) in [5, 5.41) is 27.4. The van der Waals surface area contributed by atoms with Gasteiger partial charge in [0, 0.05) is 56.2 Å². The maximum atomic E-state index is 13.3. The average Bonchev–Trinajstić information content (AvgIpc) is 3.64. The second kappa shape index (κ2) is 10.9. The highest BCUT2D eigenvalue weighted by Crippen LogP contribution is 2.31. The molecule has 12 heteroatoms. The van der Waals surface area contributed by atoms with Crippen molar-refractivity contribution in [2.24, 2.45) is 0 Å². The highest BCUT2D eigenvalue weighted by Gasteiger charge is 2.34. The van der Waals surface area contributed by atoms with Crippen molar-refractivity contribution in [3.8, 4) is 29.0 Å². The van der Waals surface area contributed by atoms with Crippen molar-refractivity contribution in [1.82, 2.24) is 34.1 Å². The molecule has 12 nitrogen and oxygen atoms in total. The van der Waals surface area contributed by atoms with Crippen LogP contribution in [0.5, 0.6) is 5.75 Å².